The predicted octanol–water partition coefficient (Wildman–Crippen LogP) is 2.08. The summed E-state index contributed by atoms with van der Waals surface area (Å²) in [4.78, 5) is 13.2. The third-order valence-electron chi connectivity index (χ3n) is 2.35. The lowest BCUT2D eigenvalue weighted by Crippen LogP contribution is -2.36. The molecule has 0 fully saturated rings. The second kappa shape index (κ2) is 5.03. The minimum Gasteiger partial charge on any atom is -0.472 e. The Morgan fingerprint density at radius 1 is 1.31 bits per heavy atom. The number of benzene rings is 1. The first-order valence-electron chi connectivity index (χ1n) is 5.06. The first kappa shape index (κ1) is 11.0. The molecule has 1 heterocycles. The number of amides is 1. The van der Waals surface area contributed by atoms with E-state index in [0.29, 0.717) is 18.2 Å². The van der Waals surface area contributed by atoms with E-state index in [1.807, 2.05) is 30.3 Å². The molecule has 0 atom stereocenters. The van der Waals surface area contributed by atoms with Crippen molar-refractivity contribution in [1.82, 2.24) is 4.90 Å². The minimum absolute atomic E-state index is 0.0502. The molecule has 0 unspecified atom stereocenters. The van der Waals surface area contributed by atoms with Crippen molar-refractivity contribution in [3.05, 3.63) is 42.0 Å². The van der Waals surface area contributed by atoms with Crippen molar-refractivity contribution in [3.63, 3.8) is 0 Å². The first-order chi connectivity index (χ1) is 7.81. The Balaban J connectivity index is 2.15. The van der Waals surface area contributed by atoms with Crippen LogP contribution in [0.15, 0.2) is 36.4 Å². The van der Waals surface area contributed by atoms with E-state index >= 15 is 0 Å². The van der Waals surface area contributed by atoms with Gasteiger partial charge in [-0.1, -0.05) is 30.3 Å². The Kier molecular flexibility index (Phi) is 3.47. The standard InChI is InChI=1S/C12H12ClNO2/c13-6-7-14-9-16-11(8-12(14)15)10-4-2-1-3-5-10/h1-5,8H,6-7,9H2. The van der Waals surface area contributed by atoms with Gasteiger partial charge in [0.1, 0.15) is 5.76 Å². The van der Waals surface area contributed by atoms with E-state index in [1.54, 1.807) is 4.90 Å². The molecule has 0 saturated carbocycles. The molecule has 1 aromatic carbocycles. The molecule has 0 radical (unpaired) electrons. The fourth-order valence-corrected chi connectivity index (χ4v) is 1.71. The molecule has 1 aromatic rings. The lowest BCUT2D eigenvalue weighted by atomic mass is 10.1. The van der Waals surface area contributed by atoms with E-state index in [9.17, 15) is 4.79 Å². The smallest absolute Gasteiger partial charge is 0.252 e. The highest BCUT2D eigenvalue weighted by molar-refractivity contribution is 6.18. The lowest BCUT2D eigenvalue weighted by Gasteiger charge is -2.26. The van der Waals surface area contributed by atoms with E-state index < -0.39 is 0 Å². The van der Waals surface area contributed by atoms with Gasteiger partial charge in [-0.15, -0.1) is 11.6 Å². The molecule has 16 heavy (non-hydrogen) atoms. The van der Waals surface area contributed by atoms with Gasteiger partial charge in [-0.25, -0.2) is 0 Å². The number of ether oxygens (including phenoxy) is 1. The lowest BCUT2D eigenvalue weighted by molar-refractivity contribution is -0.130. The van der Waals surface area contributed by atoms with Crippen molar-refractivity contribution in [1.29, 1.82) is 0 Å². The van der Waals surface area contributed by atoms with Crippen LogP contribution in [0.1, 0.15) is 5.56 Å². The molecule has 1 aliphatic rings. The molecule has 84 valence electrons. The molecule has 0 N–H and O–H groups in total. The van der Waals surface area contributed by atoms with Crippen LogP contribution in [-0.4, -0.2) is 30.0 Å². The molecule has 1 aliphatic heterocycles. The van der Waals surface area contributed by atoms with Gasteiger partial charge in [0, 0.05) is 24.1 Å². The maximum absolute atomic E-state index is 11.7. The zero-order chi connectivity index (χ0) is 11.4. The van der Waals surface area contributed by atoms with Crippen molar-refractivity contribution in [2.75, 3.05) is 19.2 Å². The van der Waals surface area contributed by atoms with Gasteiger partial charge in [-0.05, 0) is 0 Å². The number of carbonyl (C=O) groups is 1. The third-order valence-corrected chi connectivity index (χ3v) is 2.52. The maximum atomic E-state index is 11.7. The molecule has 2 rings (SSSR count). The normalized spacial score (nSPS) is 15.7. The summed E-state index contributed by atoms with van der Waals surface area (Å²) in [7, 11) is 0. The second-order valence-electron chi connectivity index (χ2n) is 3.44. The van der Waals surface area contributed by atoms with E-state index in [1.165, 1.54) is 6.08 Å². The quantitative estimate of drug-likeness (QED) is 0.754. The van der Waals surface area contributed by atoms with Crippen LogP contribution >= 0.6 is 11.6 Å². The Morgan fingerprint density at radius 2 is 2.06 bits per heavy atom. The molecule has 3 nitrogen and oxygen atoms in total. The van der Waals surface area contributed by atoms with Gasteiger partial charge < -0.3 is 9.64 Å². The Hall–Kier alpha value is -1.48. The fraction of sp³-hybridized carbons (Fsp3) is 0.250. The molecule has 0 aromatic heterocycles. The Morgan fingerprint density at radius 3 is 2.69 bits per heavy atom. The average Bonchev–Trinajstić information content (AvgIpc) is 2.33. The van der Waals surface area contributed by atoms with Gasteiger partial charge in [0.2, 0.25) is 0 Å². The van der Waals surface area contributed by atoms with Gasteiger partial charge in [0.05, 0.1) is 0 Å². The number of nitrogens with zero attached hydrogens (tertiary/aromatic N) is 1. The molecule has 1 amide bonds. The van der Waals surface area contributed by atoms with E-state index in [0.717, 1.165) is 5.56 Å². The van der Waals surface area contributed by atoms with E-state index in [4.69, 9.17) is 16.3 Å². The third kappa shape index (κ3) is 2.36. The van der Waals surface area contributed by atoms with Crippen LogP contribution in [0, 0.1) is 0 Å². The highest BCUT2D eigenvalue weighted by Crippen LogP contribution is 2.19. The summed E-state index contributed by atoms with van der Waals surface area (Å²) in [6.07, 6.45) is 1.51. The number of halogens is 1. The monoisotopic (exact) mass is 237 g/mol. The molecule has 0 spiro atoms. The zero-order valence-corrected chi connectivity index (χ0v) is 9.48. The summed E-state index contributed by atoms with van der Waals surface area (Å²) in [6, 6.07) is 9.57. The van der Waals surface area contributed by atoms with Crippen LogP contribution in [0.3, 0.4) is 0 Å². The topological polar surface area (TPSA) is 29.5 Å². The highest BCUT2D eigenvalue weighted by atomic mass is 35.5. The van der Waals surface area contributed by atoms with Crippen LogP contribution < -0.4 is 0 Å². The van der Waals surface area contributed by atoms with Crippen LogP contribution in [0.4, 0.5) is 0 Å². The van der Waals surface area contributed by atoms with Gasteiger partial charge in [0.25, 0.3) is 5.91 Å². The van der Waals surface area contributed by atoms with Crippen LogP contribution in [-0.2, 0) is 9.53 Å². The summed E-state index contributed by atoms with van der Waals surface area (Å²) in [6.45, 7) is 0.783. The summed E-state index contributed by atoms with van der Waals surface area (Å²) >= 11 is 5.58. The van der Waals surface area contributed by atoms with E-state index in [2.05, 4.69) is 0 Å². The number of carbonyl (C=O) groups excluding carboxylic acids is 1. The van der Waals surface area contributed by atoms with E-state index in [-0.39, 0.29) is 12.6 Å². The first-order valence-corrected chi connectivity index (χ1v) is 5.59. The molecule has 4 heteroatoms. The zero-order valence-electron chi connectivity index (χ0n) is 8.73. The Labute approximate surface area is 99.3 Å². The molecular weight excluding hydrogens is 226 g/mol. The number of hydrogen-bond donors (Lipinski definition) is 0. The minimum atomic E-state index is -0.0502. The largest absolute Gasteiger partial charge is 0.472 e. The van der Waals surface area contributed by atoms with Gasteiger partial charge in [0.15, 0.2) is 6.73 Å². The fourth-order valence-electron chi connectivity index (χ4n) is 1.50. The summed E-state index contributed by atoms with van der Waals surface area (Å²) in [5.74, 6) is 0.992. The van der Waals surface area contributed by atoms with Gasteiger partial charge in [-0.2, -0.15) is 0 Å². The molecule has 0 aliphatic carbocycles. The average molecular weight is 238 g/mol. The van der Waals surface area contributed by atoms with Crippen molar-refractivity contribution in [2.24, 2.45) is 0 Å². The number of rotatable bonds is 3. The van der Waals surface area contributed by atoms with Crippen LogP contribution in [0.25, 0.3) is 5.76 Å². The highest BCUT2D eigenvalue weighted by Gasteiger charge is 2.19. The maximum Gasteiger partial charge on any atom is 0.252 e. The van der Waals surface area contributed by atoms with Crippen molar-refractivity contribution in [2.45, 2.75) is 0 Å². The van der Waals surface area contributed by atoms with Crippen LogP contribution in [0.2, 0.25) is 0 Å². The van der Waals surface area contributed by atoms with Crippen molar-refractivity contribution < 1.29 is 9.53 Å². The summed E-state index contributed by atoms with van der Waals surface area (Å²) in [5.41, 5.74) is 0.918. The van der Waals surface area contributed by atoms with Crippen molar-refractivity contribution >= 4 is 23.3 Å². The van der Waals surface area contributed by atoms with Gasteiger partial charge in [-0.3, -0.25) is 4.79 Å². The summed E-state index contributed by atoms with van der Waals surface area (Å²) < 4.78 is 5.51. The van der Waals surface area contributed by atoms with Crippen molar-refractivity contribution in [3.8, 4) is 0 Å². The molecule has 0 bridgehead atoms. The second-order valence-corrected chi connectivity index (χ2v) is 3.82. The number of hydrogen-bond acceptors (Lipinski definition) is 2. The molecule has 0 saturated heterocycles. The van der Waals surface area contributed by atoms with Crippen LogP contribution in [0.5, 0.6) is 0 Å². The molecular formula is C12H12ClNO2. The number of alkyl halides is 1. The Bertz CT molecular complexity index is 403. The SMILES string of the molecule is O=C1C=C(c2ccccc2)OCN1CCCl. The predicted molar refractivity (Wildman–Crippen MR) is 62.8 cm³/mol. The van der Waals surface area contributed by atoms with Gasteiger partial charge >= 0.3 is 0 Å². The summed E-state index contributed by atoms with van der Waals surface area (Å²) in [5, 5.41) is 0.